The number of thiophene rings is 1. The Bertz CT molecular complexity index is 3170. The Morgan fingerprint density at radius 3 is 1.71 bits per heavy atom. The van der Waals surface area contributed by atoms with Crippen LogP contribution in [0.3, 0.4) is 0 Å². The number of fused-ring (bicyclic) bond motifs is 7. The van der Waals surface area contributed by atoms with E-state index in [1.165, 1.54) is 75.0 Å². The molecule has 2 heterocycles. The van der Waals surface area contributed by atoms with Gasteiger partial charge < -0.3 is 9.47 Å². The number of rotatable bonds is 6. The van der Waals surface area contributed by atoms with Gasteiger partial charge in [0, 0.05) is 53.7 Å². The number of para-hydroxylation sites is 2. The number of benzene rings is 9. The Balaban J connectivity index is 1.02. The molecule has 0 N–H and O–H groups in total. The summed E-state index contributed by atoms with van der Waals surface area (Å²) in [5.41, 5.74) is 11.7. The van der Waals surface area contributed by atoms with E-state index in [-0.39, 0.29) is 0 Å². The summed E-state index contributed by atoms with van der Waals surface area (Å²) in [6.07, 6.45) is 0. The first-order chi connectivity index (χ1) is 27.2. The zero-order valence-electron chi connectivity index (χ0n) is 29.9. The Hall–Kier alpha value is -6.94. The molecule has 3 heteroatoms. The van der Waals surface area contributed by atoms with Gasteiger partial charge in [0.2, 0.25) is 0 Å². The summed E-state index contributed by atoms with van der Waals surface area (Å²) < 4.78 is 5.00. The lowest BCUT2D eigenvalue weighted by Gasteiger charge is -2.26. The van der Waals surface area contributed by atoms with Crippen molar-refractivity contribution in [3.63, 3.8) is 0 Å². The molecule has 0 aliphatic heterocycles. The SMILES string of the molecule is c1cc(-c2ccc3ccccc3c2)cc(N(c2ccc(-c3cccc(-n4c5ccccc5c5ccccc54)c3)cc2)c2ccc3sc4ccccc4c3c2)c1. The van der Waals surface area contributed by atoms with Crippen molar-refractivity contribution in [2.24, 2.45) is 0 Å². The second kappa shape index (κ2) is 12.9. The molecule has 2 aromatic heterocycles. The van der Waals surface area contributed by atoms with Gasteiger partial charge >= 0.3 is 0 Å². The van der Waals surface area contributed by atoms with Gasteiger partial charge in [-0.15, -0.1) is 11.3 Å². The first-order valence-corrected chi connectivity index (χ1v) is 19.6. The summed E-state index contributed by atoms with van der Waals surface area (Å²) in [6.45, 7) is 0. The smallest absolute Gasteiger partial charge is 0.0541 e. The minimum atomic E-state index is 1.11. The van der Waals surface area contributed by atoms with Crippen LogP contribution in [-0.2, 0) is 0 Å². The Kier molecular flexibility index (Phi) is 7.39. The van der Waals surface area contributed by atoms with E-state index in [0.29, 0.717) is 0 Å². The lowest BCUT2D eigenvalue weighted by Crippen LogP contribution is -2.10. The van der Waals surface area contributed by atoms with Gasteiger partial charge in [0.25, 0.3) is 0 Å². The van der Waals surface area contributed by atoms with Gasteiger partial charge in [0.15, 0.2) is 0 Å². The van der Waals surface area contributed by atoms with Gasteiger partial charge in [-0.1, -0.05) is 127 Å². The van der Waals surface area contributed by atoms with Gasteiger partial charge in [0.1, 0.15) is 0 Å². The maximum Gasteiger partial charge on any atom is 0.0541 e. The molecule has 0 aliphatic rings. The third-order valence-corrected chi connectivity index (χ3v) is 12.1. The van der Waals surface area contributed by atoms with Crippen LogP contribution in [0.5, 0.6) is 0 Å². The predicted molar refractivity (Wildman–Crippen MR) is 237 cm³/mol. The molecule has 0 spiro atoms. The molecule has 11 aromatic rings. The molecule has 0 bridgehead atoms. The highest BCUT2D eigenvalue weighted by Gasteiger charge is 2.17. The molecule has 55 heavy (non-hydrogen) atoms. The summed E-state index contributed by atoms with van der Waals surface area (Å²) in [5, 5.41) is 7.62. The number of nitrogens with zero attached hydrogens (tertiary/aromatic N) is 2. The van der Waals surface area contributed by atoms with E-state index in [2.05, 4.69) is 216 Å². The fourth-order valence-electron chi connectivity index (χ4n) is 8.32. The van der Waals surface area contributed by atoms with Crippen LogP contribution in [0, 0.1) is 0 Å². The standard InChI is InChI=1S/C52H34N2S/c1-2-12-37-31-40(24-23-35(37)11-1)39-14-10-15-42(33-39)53(44-29-30-52-48(34-44)47-19-5-8-22-51(47)55-52)41-27-25-36(26-28-41)38-13-9-16-43(32-38)54-49-20-6-3-17-45(49)46-18-4-7-21-50(46)54/h1-34H. The maximum atomic E-state index is 2.40. The molecule has 9 aromatic carbocycles. The van der Waals surface area contributed by atoms with E-state index in [0.717, 1.165) is 22.7 Å². The van der Waals surface area contributed by atoms with Crippen molar-refractivity contribution < 1.29 is 0 Å². The molecule has 0 atom stereocenters. The summed E-state index contributed by atoms with van der Waals surface area (Å²) in [6, 6.07) is 75.3. The summed E-state index contributed by atoms with van der Waals surface area (Å²) in [5.74, 6) is 0. The van der Waals surface area contributed by atoms with Crippen LogP contribution < -0.4 is 4.90 Å². The van der Waals surface area contributed by atoms with E-state index in [1.54, 1.807) is 0 Å². The number of aromatic nitrogens is 1. The van der Waals surface area contributed by atoms with E-state index in [4.69, 9.17) is 0 Å². The third-order valence-electron chi connectivity index (χ3n) is 10.9. The molecule has 11 rings (SSSR count). The van der Waals surface area contributed by atoms with Crippen molar-refractivity contribution in [1.29, 1.82) is 0 Å². The highest BCUT2D eigenvalue weighted by atomic mass is 32.1. The number of anilines is 3. The zero-order chi connectivity index (χ0) is 36.3. The first-order valence-electron chi connectivity index (χ1n) is 18.7. The second-order valence-electron chi connectivity index (χ2n) is 14.2. The Morgan fingerprint density at radius 2 is 0.909 bits per heavy atom. The third kappa shape index (κ3) is 5.40. The molecule has 0 fully saturated rings. The first kappa shape index (κ1) is 31.6. The summed E-state index contributed by atoms with van der Waals surface area (Å²) >= 11 is 1.85. The topological polar surface area (TPSA) is 8.17 Å². The average molecular weight is 719 g/mol. The molecule has 0 aliphatic carbocycles. The summed E-state index contributed by atoms with van der Waals surface area (Å²) in [4.78, 5) is 2.40. The number of hydrogen-bond acceptors (Lipinski definition) is 2. The molecule has 0 radical (unpaired) electrons. The molecule has 0 saturated heterocycles. The molecule has 0 amide bonds. The fourth-order valence-corrected chi connectivity index (χ4v) is 9.41. The van der Waals surface area contributed by atoms with E-state index in [9.17, 15) is 0 Å². The second-order valence-corrected chi connectivity index (χ2v) is 15.3. The molecular weight excluding hydrogens is 685 g/mol. The fraction of sp³-hybridized carbons (Fsp3) is 0. The van der Waals surface area contributed by atoms with Crippen molar-refractivity contribution in [1.82, 2.24) is 4.57 Å². The summed E-state index contributed by atoms with van der Waals surface area (Å²) in [7, 11) is 0. The highest BCUT2D eigenvalue weighted by molar-refractivity contribution is 7.25. The molecular formula is C52H34N2S. The lowest BCUT2D eigenvalue weighted by atomic mass is 10.00. The highest BCUT2D eigenvalue weighted by Crippen LogP contribution is 2.42. The van der Waals surface area contributed by atoms with Gasteiger partial charge in [-0.3, -0.25) is 0 Å². The van der Waals surface area contributed by atoms with Crippen molar-refractivity contribution in [3.05, 3.63) is 206 Å². The predicted octanol–water partition coefficient (Wildman–Crippen LogP) is 15.1. The van der Waals surface area contributed by atoms with Gasteiger partial charge in [-0.2, -0.15) is 0 Å². The Morgan fingerprint density at radius 1 is 0.327 bits per heavy atom. The van der Waals surface area contributed by atoms with Crippen molar-refractivity contribution in [2.75, 3.05) is 4.90 Å². The van der Waals surface area contributed by atoms with Crippen LogP contribution in [0.15, 0.2) is 206 Å². The van der Waals surface area contributed by atoms with E-state index >= 15 is 0 Å². The average Bonchev–Trinajstić information content (AvgIpc) is 3.80. The van der Waals surface area contributed by atoms with Crippen LogP contribution in [-0.4, -0.2) is 4.57 Å². The van der Waals surface area contributed by atoms with Crippen LogP contribution in [0.4, 0.5) is 17.1 Å². The minimum Gasteiger partial charge on any atom is -0.310 e. The molecule has 2 nitrogen and oxygen atoms in total. The van der Waals surface area contributed by atoms with Gasteiger partial charge in [-0.05, 0) is 112 Å². The normalized spacial score (nSPS) is 11.6. The quantitative estimate of drug-likeness (QED) is 0.166. The van der Waals surface area contributed by atoms with Crippen LogP contribution in [0.2, 0.25) is 0 Å². The minimum absolute atomic E-state index is 1.11. The zero-order valence-corrected chi connectivity index (χ0v) is 30.7. The largest absolute Gasteiger partial charge is 0.310 e. The lowest BCUT2D eigenvalue weighted by molar-refractivity contribution is 1.18. The van der Waals surface area contributed by atoms with Crippen molar-refractivity contribution in [2.45, 2.75) is 0 Å². The van der Waals surface area contributed by atoms with Crippen LogP contribution in [0.25, 0.3) is 80.7 Å². The molecule has 0 unspecified atom stereocenters. The Labute approximate surface area is 323 Å². The molecule has 258 valence electrons. The maximum absolute atomic E-state index is 2.40. The monoisotopic (exact) mass is 718 g/mol. The van der Waals surface area contributed by atoms with E-state index in [1.807, 2.05) is 11.3 Å². The van der Waals surface area contributed by atoms with Crippen LogP contribution >= 0.6 is 11.3 Å². The van der Waals surface area contributed by atoms with Crippen molar-refractivity contribution in [3.8, 4) is 27.9 Å². The number of hydrogen-bond donors (Lipinski definition) is 0. The van der Waals surface area contributed by atoms with Crippen molar-refractivity contribution >= 4 is 81.1 Å². The van der Waals surface area contributed by atoms with Gasteiger partial charge in [-0.25, -0.2) is 0 Å². The van der Waals surface area contributed by atoms with Gasteiger partial charge in [0.05, 0.1) is 11.0 Å². The van der Waals surface area contributed by atoms with Crippen LogP contribution in [0.1, 0.15) is 0 Å². The van der Waals surface area contributed by atoms with E-state index < -0.39 is 0 Å². The molecule has 0 saturated carbocycles.